The van der Waals surface area contributed by atoms with Gasteiger partial charge in [-0.2, -0.15) is 0 Å². The van der Waals surface area contributed by atoms with Crippen molar-refractivity contribution in [2.24, 2.45) is 39.5 Å². The van der Waals surface area contributed by atoms with E-state index >= 15 is 0 Å². The highest BCUT2D eigenvalue weighted by Gasteiger charge is 2.35. The van der Waals surface area contributed by atoms with Gasteiger partial charge in [0.05, 0.1) is 0 Å². The molecule has 0 aliphatic heterocycles. The number of halogens is 1. The maximum Gasteiger partial charge on any atom is 0.228 e. The van der Waals surface area contributed by atoms with Crippen molar-refractivity contribution in [2.45, 2.75) is 41.0 Å². The molecule has 0 unspecified atom stereocenters. The van der Waals surface area contributed by atoms with Crippen molar-refractivity contribution >= 4 is 17.7 Å². The maximum absolute atomic E-state index is 13.4. The van der Waals surface area contributed by atoms with E-state index in [4.69, 9.17) is 40.4 Å². The van der Waals surface area contributed by atoms with Gasteiger partial charge in [-0.1, -0.05) is 34.6 Å². The molecule has 1 amide bonds. The van der Waals surface area contributed by atoms with Gasteiger partial charge in [-0.05, 0) is 23.6 Å². The van der Waals surface area contributed by atoms with Gasteiger partial charge in [0.1, 0.15) is 0 Å². The highest BCUT2D eigenvalue weighted by Crippen LogP contribution is 2.34. The zero-order chi connectivity index (χ0) is 29.9. The monoisotopic (exact) mass is 578 g/mol. The number of hydrogen-bond donors (Lipinski definition) is 5. The lowest BCUT2D eigenvalue weighted by Crippen LogP contribution is -2.49. The van der Waals surface area contributed by atoms with Crippen molar-refractivity contribution in [3.8, 4) is 0 Å². The molecule has 39 heavy (non-hydrogen) atoms. The van der Waals surface area contributed by atoms with Gasteiger partial charge in [0.15, 0.2) is 0 Å². The molecule has 0 aromatic rings. The Morgan fingerprint density at radius 2 is 0.872 bits per heavy atom. The van der Waals surface area contributed by atoms with E-state index in [2.05, 4.69) is 35.5 Å². The largest absolute Gasteiger partial charge is 0.340 e. The molecule has 0 radical (unpaired) electrons. The van der Waals surface area contributed by atoms with Crippen LogP contribution >= 0.6 is 11.8 Å². The fourth-order valence-electron chi connectivity index (χ4n) is 5.19. The molecule has 0 aromatic heterocycles. The first-order chi connectivity index (χ1) is 18.3. The predicted molar refractivity (Wildman–Crippen MR) is 166 cm³/mol. The lowest BCUT2D eigenvalue weighted by atomic mass is 9.75. The van der Waals surface area contributed by atoms with Gasteiger partial charge in [0, 0.05) is 123 Å². The molecule has 12 heteroatoms. The van der Waals surface area contributed by atoms with Crippen molar-refractivity contribution in [3.05, 3.63) is 0 Å². The van der Waals surface area contributed by atoms with Gasteiger partial charge in [0.25, 0.3) is 0 Å². The summed E-state index contributed by atoms with van der Waals surface area (Å²) in [5.41, 5.74) is 28.8. The number of nitrogens with zero attached hydrogens (tertiary/aromatic N) is 5. The molecule has 0 rings (SSSR count). The highest BCUT2D eigenvalue weighted by molar-refractivity contribution is 6.13. The van der Waals surface area contributed by atoms with E-state index in [0.29, 0.717) is 45.8 Å². The Hall–Kier alpha value is -0.600. The Labute approximate surface area is 244 Å². The van der Waals surface area contributed by atoms with Crippen LogP contribution in [0.2, 0.25) is 0 Å². The summed E-state index contributed by atoms with van der Waals surface area (Å²) in [5, 5.41) is 0. The van der Waals surface area contributed by atoms with Crippen LogP contribution < -0.4 is 28.7 Å². The first kappa shape index (κ1) is 38.4. The quantitative estimate of drug-likeness (QED) is 0.0937. The lowest BCUT2D eigenvalue weighted by Gasteiger charge is -2.37. The third-order valence-corrected chi connectivity index (χ3v) is 7.09. The Balaban J connectivity index is 4.95. The summed E-state index contributed by atoms with van der Waals surface area (Å²) >= 11 is 6.51. The van der Waals surface area contributed by atoms with Crippen LogP contribution in [-0.4, -0.2) is 148 Å². The number of nitrogens with two attached hydrogens (primary N) is 5. The van der Waals surface area contributed by atoms with Crippen LogP contribution in [0.4, 0.5) is 0 Å². The summed E-state index contributed by atoms with van der Waals surface area (Å²) in [6.45, 7) is 23.4. The average Bonchev–Trinajstić information content (AvgIpc) is 2.84. The molecule has 0 aliphatic rings. The minimum atomic E-state index is -0.441. The number of rotatable bonds is 24. The van der Waals surface area contributed by atoms with Crippen LogP contribution in [0.1, 0.15) is 41.0 Å². The zero-order valence-electron chi connectivity index (χ0n) is 25.8. The van der Waals surface area contributed by atoms with Crippen LogP contribution in [0.5, 0.6) is 0 Å². The van der Waals surface area contributed by atoms with Crippen LogP contribution in [0.25, 0.3) is 0 Å². The van der Waals surface area contributed by atoms with Crippen LogP contribution in [0, 0.1) is 10.8 Å². The Morgan fingerprint density at radius 1 is 0.538 bits per heavy atom. The van der Waals surface area contributed by atoms with E-state index in [1.165, 1.54) is 0 Å². The number of amides is 1. The summed E-state index contributed by atoms with van der Waals surface area (Å²) in [6.07, 6.45) is 0.816. The van der Waals surface area contributed by atoms with Crippen molar-refractivity contribution in [2.75, 3.05) is 118 Å². The molecule has 10 N–H and O–H groups in total. The molecule has 0 aromatic carbocycles. The maximum atomic E-state index is 13.4. The Morgan fingerprint density at radius 3 is 1.23 bits per heavy atom. The molecule has 0 spiro atoms. The van der Waals surface area contributed by atoms with Gasteiger partial charge in [-0.3, -0.25) is 19.5 Å². The lowest BCUT2D eigenvalue weighted by molar-refractivity contribution is -0.142. The molecule has 11 nitrogen and oxygen atoms in total. The fourth-order valence-corrected chi connectivity index (χ4v) is 5.34. The fraction of sp³-hybridized carbons (Fsp3) is 0.963. The van der Waals surface area contributed by atoms with Crippen molar-refractivity contribution < 1.29 is 4.79 Å². The average molecular weight is 579 g/mol. The summed E-state index contributed by atoms with van der Waals surface area (Å²) < 4.78 is 1.83. The zero-order valence-corrected chi connectivity index (χ0v) is 26.6. The molecule has 0 saturated heterocycles. The smallest absolute Gasteiger partial charge is 0.228 e. The van der Waals surface area contributed by atoms with Crippen LogP contribution in [0.15, 0.2) is 0 Å². The second-order valence-electron chi connectivity index (χ2n) is 12.3. The molecule has 0 fully saturated rings. The van der Waals surface area contributed by atoms with E-state index in [0.717, 1.165) is 78.4 Å². The van der Waals surface area contributed by atoms with Gasteiger partial charge in [-0.25, -0.2) is 4.42 Å². The van der Waals surface area contributed by atoms with E-state index in [1.54, 1.807) is 0 Å². The number of carbonyl (C=O) groups is 1. The molecule has 0 bridgehead atoms. The molecule has 0 heterocycles. The highest BCUT2D eigenvalue weighted by atomic mass is 35.5. The number of carbonyl (C=O) groups excluding carboxylic acids is 1. The molecule has 234 valence electrons. The minimum Gasteiger partial charge on any atom is -0.340 e. The first-order valence-corrected chi connectivity index (χ1v) is 15.0. The summed E-state index contributed by atoms with van der Waals surface area (Å²) in [6, 6.07) is 0. The third-order valence-electron chi connectivity index (χ3n) is 6.76. The van der Waals surface area contributed by atoms with Gasteiger partial charge >= 0.3 is 0 Å². The van der Waals surface area contributed by atoms with Crippen molar-refractivity contribution in [1.29, 1.82) is 0 Å². The SMILES string of the molecule is CC(C)(C)CC(C)(C)C(=O)N(CCN)CCN(CCN)CCN(CCN)CCN(Cl)CCN(CCN)CCN. The van der Waals surface area contributed by atoms with E-state index in [1.807, 2.05) is 23.2 Å². The van der Waals surface area contributed by atoms with E-state index in [9.17, 15) is 4.79 Å². The normalized spacial score (nSPS) is 12.9. The van der Waals surface area contributed by atoms with Crippen LogP contribution in [-0.2, 0) is 4.79 Å². The molecule has 0 saturated carbocycles. The third kappa shape index (κ3) is 18.5. The Bertz CT molecular complexity index is 614. The number of hydrogen-bond acceptors (Lipinski definition) is 10. The van der Waals surface area contributed by atoms with Crippen LogP contribution in [0.3, 0.4) is 0 Å². The predicted octanol–water partition coefficient (Wildman–Crippen LogP) is -0.567. The minimum absolute atomic E-state index is 0.0680. The summed E-state index contributed by atoms with van der Waals surface area (Å²) in [4.78, 5) is 22.3. The first-order valence-electron chi connectivity index (χ1n) is 14.7. The van der Waals surface area contributed by atoms with E-state index < -0.39 is 5.41 Å². The second-order valence-corrected chi connectivity index (χ2v) is 12.8. The van der Waals surface area contributed by atoms with Crippen molar-refractivity contribution in [3.63, 3.8) is 0 Å². The van der Waals surface area contributed by atoms with E-state index in [-0.39, 0.29) is 11.3 Å². The topological polar surface area (TPSA) is 163 Å². The summed E-state index contributed by atoms with van der Waals surface area (Å²) in [5.74, 6) is 0.166. The molecular weight excluding hydrogens is 516 g/mol. The summed E-state index contributed by atoms with van der Waals surface area (Å²) in [7, 11) is 0. The van der Waals surface area contributed by atoms with Gasteiger partial charge < -0.3 is 33.6 Å². The molecule has 0 atom stereocenters. The molecular formula is C27H63ClN10O. The standard InChI is InChI=1S/C27H63ClN10O/c1-26(2,3)24-27(4,5)25(39)37(15-10-33)21-18-35(13-8-31)16-17-36(14-9-32)20-23-38(28)22-19-34(11-6-29)12-7-30/h6-24,29-33H2,1-5H3. The second kappa shape index (κ2) is 21.2. The van der Waals surface area contributed by atoms with Gasteiger partial charge in [-0.15, -0.1) is 0 Å². The van der Waals surface area contributed by atoms with Gasteiger partial charge in [0.2, 0.25) is 5.91 Å². The Kier molecular flexibility index (Phi) is 20.8. The molecule has 0 aliphatic carbocycles. The van der Waals surface area contributed by atoms with Crippen molar-refractivity contribution in [1.82, 2.24) is 24.0 Å².